The molecule has 96 valence electrons. The van der Waals surface area contributed by atoms with Gasteiger partial charge < -0.3 is 15.3 Å². The minimum atomic E-state index is -0.696. The monoisotopic (exact) mass is 238 g/mol. The third-order valence-corrected chi connectivity index (χ3v) is 2.48. The molecule has 1 unspecified atom stereocenters. The lowest BCUT2D eigenvalue weighted by Gasteiger charge is -2.23. The largest absolute Gasteiger partial charge is 0.388 e. The maximum Gasteiger partial charge on any atom is 0.226 e. The van der Waals surface area contributed by atoms with Crippen molar-refractivity contribution >= 4 is 11.8 Å². The van der Waals surface area contributed by atoms with Crippen LogP contribution in [0.1, 0.15) is 26.7 Å². The van der Waals surface area contributed by atoms with Gasteiger partial charge >= 0.3 is 0 Å². The average molecular weight is 238 g/mol. The highest BCUT2D eigenvalue weighted by Crippen LogP contribution is 2.14. The van der Waals surface area contributed by atoms with Gasteiger partial charge in [-0.3, -0.25) is 0 Å². The summed E-state index contributed by atoms with van der Waals surface area (Å²) in [5, 5.41) is 13.2. The number of aromatic nitrogens is 2. The molecule has 0 amide bonds. The molecule has 2 N–H and O–H groups in total. The third-order valence-electron chi connectivity index (χ3n) is 2.48. The molecule has 5 nitrogen and oxygen atoms in total. The minimum absolute atomic E-state index is 0.491. The molecule has 1 heterocycles. The zero-order chi connectivity index (χ0) is 12.9. The smallest absolute Gasteiger partial charge is 0.226 e. The third kappa shape index (κ3) is 4.56. The quantitative estimate of drug-likeness (QED) is 0.786. The molecule has 0 radical (unpaired) electrons. The topological polar surface area (TPSA) is 61.3 Å². The van der Waals surface area contributed by atoms with Crippen LogP contribution in [0.25, 0.3) is 0 Å². The Kier molecular flexibility index (Phi) is 4.69. The molecule has 0 aliphatic heterocycles. The number of nitrogens with zero attached hydrogens (tertiary/aromatic N) is 3. The normalized spacial score (nSPS) is 14.2. The molecule has 0 bridgehead atoms. The van der Waals surface area contributed by atoms with Crippen molar-refractivity contribution in [1.82, 2.24) is 9.97 Å². The molecule has 0 saturated heterocycles. The van der Waals surface area contributed by atoms with Crippen LogP contribution >= 0.6 is 0 Å². The van der Waals surface area contributed by atoms with E-state index in [2.05, 4.69) is 22.2 Å². The van der Waals surface area contributed by atoms with Crippen LogP contribution in [-0.2, 0) is 0 Å². The SMILES string of the molecule is CCCC(C)(O)CNc1ccnc(N(C)C)n1. The molecule has 1 aromatic rings. The summed E-state index contributed by atoms with van der Waals surface area (Å²) in [4.78, 5) is 10.3. The van der Waals surface area contributed by atoms with Gasteiger partial charge in [-0.05, 0) is 19.4 Å². The van der Waals surface area contributed by atoms with Crippen molar-refractivity contribution in [1.29, 1.82) is 0 Å². The van der Waals surface area contributed by atoms with E-state index < -0.39 is 5.60 Å². The molecule has 0 aliphatic carbocycles. The van der Waals surface area contributed by atoms with Crippen LogP contribution in [0.3, 0.4) is 0 Å². The maximum absolute atomic E-state index is 10.0. The van der Waals surface area contributed by atoms with Gasteiger partial charge in [-0.1, -0.05) is 13.3 Å². The lowest BCUT2D eigenvalue weighted by molar-refractivity contribution is 0.0636. The fraction of sp³-hybridized carbons (Fsp3) is 0.667. The first-order valence-corrected chi connectivity index (χ1v) is 5.91. The predicted molar refractivity (Wildman–Crippen MR) is 70.4 cm³/mol. The molecule has 1 aromatic heterocycles. The van der Waals surface area contributed by atoms with Crippen molar-refractivity contribution in [3.8, 4) is 0 Å². The van der Waals surface area contributed by atoms with Gasteiger partial charge in [-0.15, -0.1) is 0 Å². The zero-order valence-electron chi connectivity index (χ0n) is 11.1. The second kappa shape index (κ2) is 5.82. The molecule has 0 saturated carbocycles. The molecule has 5 heteroatoms. The van der Waals surface area contributed by atoms with Crippen molar-refractivity contribution < 1.29 is 5.11 Å². The summed E-state index contributed by atoms with van der Waals surface area (Å²) in [5.41, 5.74) is -0.696. The summed E-state index contributed by atoms with van der Waals surface area (Å²) in [6.07, 6.45) is 3.44. The molecular weight excluding hydrogens is 216 g/mol. The molecule has 0 fully saturated rings. The Morgan fingerprint density at radius 3 is 2.76 bits per heavy atom. The van der Waals surface area contributed by atoms with Gasteiger partial charge in [-0.25, -0.2) is 4.98 Å². The van der Waals surface area contributed by atoms with Gasteiger partial charge in [0.1, 0.15) is 5.82 Å². The van der Waals surface area contributed by atoms with E-state index in [0.717, 1.165) is 18.7 Å². The Labute approximate surface area is 103 Å². The van der Waals surface area contributed by atoms with E-state index in [4.69, 9.17) is 0 Å². The average Bonchev–Trinajstić information content (AvgIpc) is 2.27. The summed E-state index contributed by atoms with van der Waals surface area (Å²) in [6, 6.07) is 1.80. The van der Waals surface area contributed by atoms with Crippen molar-refractivity contribution in [2.45, 2.75) is 32.3 Å². The van der Waals surface area contributed by atoms with Crippen molar-refractivity contribution in [2.75, 3.05) is 30.9 Å². The van der Waals surface area contributed by atoms with E-state index in [9.17, 15) is 5.11 Å². The Balaban J connectivity index is 2.60. The fourth-order valence-electron chi connectivity index (χ4n) is 1.57. The van der Waals surface area contributed by atoms with E-state index in [1.807, 2.05) is 25.9 Å². The molecular formula is C12H22N4O. The number of anilines is 2. The van der Waals surface area contributed by atoms with Crippen LogP contribution in [0.4, 0.5) is 11.8 Å². The summed E-state index contributed by atoms with van der Waals surface area (Å²) in [6.45, 7) is 4.38. The Bertz CT molecular complexity index is 352. The fourth-order valence-corrected chi connectivity index (χ4v) is 1.57. The Morgan fingerprint density at radius 2 is 2.18 bits per heavy atom. The lowest BCUT2D eigenvalue weighted by Crippen LogP contribution is -2.33. The highest BCUT2D eigenvalue weighted by Gasteiger charge is 2.18. The standard InChI is InChI=1S/C12H22N4O/c1-5-7-12(2,17)9-14-10-6-8-13-11(15-10)16(3)4/h6,8,17H,5,7,9H2,1-4H3,(H,13,14,15). The first-order valence-electron chi connectivity index (χ1n) is 5.91. The summed E-state index contributed by atoms with van der Waals surface area (Å²) < 4.78 is 0. The van der Waals surface area contributed by atoms with Gasteiger partial charge in [0.25, 0.3) is 0 Å². The van der Waals surface area contributed by atoms with Crippen molar-refractivity contribution in [3.05, 3.63) is 12.3 Å². The van der Waals surface area contributed by atoms with Crippen LogP contribution in [-0.4, -0.2) is 41.3 Å². The number of hydrogen-bond acceptors (Lipinski definition) is 5. The van der Waals surface area contributed by atoms with Crippen LogP contribution in [0.5, 0.6) is 0 Å². The van der Waals surface area contributed by atoms with Gasteiger partial charge in [0.2, 0.25) is 5.95 Å². The number of nitrogens with one attached hydrogen (secondary N) is 1. The van der Waals surface area contributed by atoms with Crippen LogP contribution in [0.15, 0.2) is 12.3 Å². The van der Waals surface area contributed by atoms with Crippen LogP contribution < -0.4 is 10.2 Å². The van der Waals surface area contributed by atoms with Gasteiger partial charge in [-0.2, -0.15) is 4.98 Å². The van der Waals surface area contributed by atoms with E-state index in [1.54, 1.807) is 12.3 Å². The van der Waals surface area contributed by atoms with E-state index in [1.165, 1.54) is 0 Å². The van der Waals surface area contributed by atoms with Crippen molar-refractivity contribution in [2.24, 2.45) is 0 Å². The van der Waals surface area contributed by atoms with Gasteiger partial charge in [0.15, 0.2) is 0 Å². The molecule has 1 rings (SSSR count). The van der Waals surface area contributed by atoms with E-state index in [0.29, 0.717) is 12.5 Å². The second-order valence-electron chi connectivity index (χ2n) is 4.74. The summed E-state index contributed by atoms with van der Waals surface area (Å²) in [7, 11) is 3.79. The molecule has 0 spiro atoms. The highest BCUT2D eigenvalue weighted by molar-refractivity contribution is 5.40. The van der Waals surface area contributed by atoms with E-state index in [-0.39, 0.29) is 0 Å². The lowest BCUT2D eigenvalue weighted by atomic mass is 10.0. The molecule has 17 heavy (non-hydrogen) atoms. The second-order valence-corrected chi connectivity index (χ2v) is 4.74. The first kappa shape index (κ1) is 13.7. The van der Waals surface area contributed by atoms with Crippen molar-refractivity contribution in [3.63, 3.8) is 0 Å². The molecule has 1 atom stereocenters. The number of aliphatic hydroxyl groups is 1. The Hall–Kier alpha value is -1.36. The Morgan fingerprint density at radius 1 is 1.47 bits per heavy atom. The van der Waals surface area contributed by atoms with Gasteiger partial charge in [0.05, 0.1) is 5.60 Å². The maximum atomic E-state index is 10.0. The summed E-state index contributed by atoms with van der Waals surface area (Å²) in [5.74, 6) is 1.39. The van der Waals surface area contributed by atoms with Crippen LogP contribution in [0.2, 0.25) is 0 Å². The molecule has 0 aliphatic rings. The highest BCUT2D eigenvalue weighted by atomic mass is 16.3. The number of hydrogen-bond donors (Lipinski definition) is 2. The molecule has 0 aromatic carbocycles. The number of rotatable bonds is 6. The first-order chi connectivity index (χ1) is 7.94. The van der Waals surface area contributed by atoms with Gasteiger partial charge in [0, 0.05) is 26.8 Å². The minimum Gasteiger partial charge on any atom is -0.388 e. The van der Waals surface area contributed by atoms with Crippen LogP contribution in [0, 0.1) is 0 Å². The summed E-state index contributed by atoms with van der Waals surface area (Å²) >= 11 is 0. The zero-order valence-corrected chi connectivity index (χ0v) is 11.1. The van der Waals surface area contributed by atoms with E-state index >= 15 is 0 Å². The predicted octanol–water partition coefficient (Wildman–Crippen LogP) is 1.51.